The quantitative estimate of drug-likeness (QED) is 0.654. The van der Waals surface area contributed by atoms with Crippen LogP contribution in [-0.2, 0) is 4.79 Å². The number of nitrogens with one attached hydrogen (secondary N) is 3. The number of benzene rings is 2. The van der Waals surface area contributed by atoms with Gasteiger partial charge in [-0.2, -0.15) is 0 Å². The summed E-state index contributed by atoms with van der Waals surface area (Å²) in [6.07, 6.45) is 2.35. The molecule has 1 aliphatic heterocycles. The van der Waals surface area contributed by atoms with Crippen molar-refractivity contribution in [3.05, 3.63) is 64.6 Å². The molecule has 3 N–H and O–H groups in total. The molecule has 1 fully saturated rings. The average molecular weight is 378 g/mol. The molecule has 0 aliphatic carbocycles. The lowest BCUT2D eigenvalue weighted by atomic mass is 9.86. The van der Waals surface area contributed by atoms with Gasteiger partial charge in [0.05, 0.1) is 11.0 Å². The second-order valence-corrected chi connectivity index (χ2v) is 7.35. The summed E-state index contributed by atoms with van der Waals surface area (Å²) in [7, 11) is 0. The molecule has 1 aromatic heterocycles. The van der Waals surface area contributed by atoms with Crippen LogP contribution in [-0.4, -0.2) is 38.8 Å². The van der Waals surface area contributed by atoms with Crippen molar-refractivity contribution in [3.8, 4) is 0 Å². The fraction of sp³-hybridized carbons (Fsp3) is 0.286. The molecule has 2 aromatic carbocycles. The van der Waals surface area contributed by atoms with Crippen molar-refractivity contribution < 1.29 is 9.59 Å². The normalized spacial score (nSPS) is 19.5. The summed E-state index contributed by atoms with van der Waals surface area (Å²) in [6, 6.07) is 14.2. The van der Waals surface area contributed by atoms with Crippen LogP contribution in [0.5, 0.6) is 0 Å². The van der Waals surface area contributed by atoms with Gasteiger partial charge in [-0.1, -0.05) is 18.2 Å². The molecule has 0 saturated carbocycles. The van der Waals surface area contributed by atoms with Crippen LogP contribution < -0.4 is 11.0 Å². The molecule has 0 radical (unpaired) electrons. The van der Waals surface area contributed by atoms with Gasteiger partial charge in [-0.05, 0) is 56.5 Å². The van der Waals surface area contributed by atoms with Gasteiger partial charge >= 0.3 is 5.69 Å². The Bertz CT molecular complexity index is 1090. The van der Waals surface area contributed by atoms with Crippen molar-refractivity contribution in [3.63, 3.8) is 0 Å². The van der Waals surface area contributed by atoms with Crippen LogP contribution in [0.3, 0.4) is 0 Å². The number of fused-ring (bicyclic) bond motifs is 1. The number of hydrogen-bond acceptors (Lipinski definition) is 3. The third-order valence-corrected chi connectivity index (χ3v) is 5.42. The first-order valence-corrected chi connectivity index (χ1v) is 9.38. The highest BCUT2D eigenvalue weighted by Crippen LogP contribution is 2.31. The molecular weight excluding hydrogens is 356 g/mol. The third kappa shape index (κ3) is 3.19. The number of H-pyrrole nitrogens is 2. The van der Waals surface area contributed by atoms with Crippen molar-refractivity contribution >= 4 is 28.5 Å². The van der Waals surface area contributed by atoms with Crippen molar-refractivity contribution in [1.82, 2.24) is 14.9 Å². The number of anilines is 1. The number of rotatable bonds is 3. The molecule has 1 aliphatic rings. The smallest absolute Gasteiger partial charge is 0.323 e. The third-order valence-electron chi connectivity index (χ3n) is 5.42. The molecule has 4 rings (SSSR count). The van der Waals surface area contributed by atoms with E-state index in [4.69, 9.17) is 0 Å². The highest BCUT2D eigenvalue weighted by molar-refractivity contribution is 6.04. The molecule has 0 bridgehead atoms. The van der Waals surface area contributed by atoms with E-state index >= 15 is 0 Å². The van der Waals surface area contributed by atoms with Gasteiger partial charge in [-0.25, -0.2) is 4.79 Å². The maximum Gasteiger partial charge on any atom is 0.323 e. The Morgan fingerprint density at radius 3 is 2.57 bits per heavy atom. The standard InChI is InChI=1S/C21H22N4O3/c1-21(11-5-6-12-25(21)18(26)14-7-3-2-4-8-14)19(27)22-15-9-10-16-17(13-15)24-20(28)23-16/h2-4,7-10,13H,5-6,11-12H2,1H3,(H,22,27)(H2,23,24,28)/t21-/m0/s1. The number of aromatic amines is 2. The molecule has 0 spiro atoms. The molecule has 3 aromatic rings. The van der Waals surface area contributed by atoms with E-state index in [0.717, 1.165) is 12.8 Å². The zero-order chi connectivity index (χ0) is 19.7. The number of carbonyl (C=O) groups excluding carboxylic acids is 2. The fourth-order valence-corrected chi connectivity index (χ4v) is 3.80. The Morgan fingerprint density at radius 1 is 1.04 bits per heavy atom. The highest BCUT2D eigenvalue weighted by atomic mass is 16.2. The van der Waals surface area contributed by atoms with Crippen LogP contribution in [0, 0.1) is 0 Å². The lowest BCUT2D eigenvalue weighted by Crippen LogP contribution is -2.59. The van der Waals surface area contributed by atoms with Gasteiger partial charge in [0.15, 0.2) is 0 Å². The van der Waals surface area contributed by atoms with Crippen molar-refractivity contribution in [1.29, 1.82) is 0 Å². The largest absolute Gasteiger partial charge is 0.324 e. The summed E-state index contributed by atoms with van der Waals surface area (Å²) >= 11 is 0. The summed E-state index contributed by atoms with van der Waals surface area (Å²) in [4.78, 5) is 44.7. The lowest BCUT2D eigenvalue weighted by Gasteiger charge is -2.43. The molecule has 1 saturated heterocycles. The molecule has 7 nitrogen and oxygen atoms in total. The number of hydrogen-bond donors (Lipinski definition) is 3. The maximum absolute atomic E-state index is 13.2. The molecule has 2 amide bonds. The van der Waals surface area contributed by atoms with Crippen molar-refractivity contribution in [2.24, 2.45) is 0 Å². The second-order valence-electron chi connectivity index (χ2n) is 7.35. The minimum Gasteiger partial charge on any atom is -0.324 e. The van der Waals surface area contributed by atoms with Gasteiger partial charge < -0.3 is 20.2 Å². The Morgan fingerprint density at radius 2 is 1.79 bits per heavy atom. The molecule has 0 unspecified atom stereocenters. The van der Waals surface area contributed by atoms with E-state index in [2.05, 4.69) is 15.3 Å². The van der Waals surface area contributed by atoms with E-state index in [1.54, 1.807) is 35.2 Å². The van der Waals surface area contributed by atoms with E-state index in [-0.39, 0.29) is 17.5 Å². The number of aromatic nitrogens is 2. The molecule has 1 atom stereocenters. The number of piperidine rings is 1. The van der Waals surface area contributed by atoms with Gasteiger partial charge in [0.1, 0.15) is 5.54 Å². The first-order chi connectivity index (χ1) is 13.5. The maximum atomic E-state index is 13.2. The number of nitrogens with zero attached hydrogens (tertiary/aromatic N) is 1. The summed E-state index contributed by atoms with van der Waals surface area (Å²) < 4.78 is 0. The summed E-state index contributed by atoms with van der Waals surface area (Å²) in [5.41, 5.74) is 1.21. The number of carbonyl (C=O) groups is 2. The monoisotopic (exact) mass is 378 g/mol. The molecular formula is C21H22N4O3. The number of likely N-dealkylation sites (tertiary alicyclic amines) is 1. The predicted molar refractivity (Wildman–Crippen MR) is 107 cm³/mol. The van der Waals surface area contributed by atoms with Crippen LogP contribution in [0.15, 0.2) is 53.3 Å². The van der Waals surface area contributed by atoms with E-state index in [1.807, 2.05) is 25.1 Å². The fourth-order valence-electron chi connectivity index (χ4n) is 3.80. The zero-order valence-electron chi connectivity index (χ0n) is 15.6. The molecule has 144 valence electrons. The zero-order valence-corrected chi connectivity index (χ0v) is 15.6. The van der Waals surface area contributed by atoms with E-state index in [1.165, 1.54) is 0 Å². The Kier molecular flexibility index (Phi) is 4.50. The van der Waals surface area contributed by atoms with E-state index in [9.17, 15) is 14.4 Å². The Hall–Kier alpha value is -3.35. The SMILES string of the molecule is C[C@@]1(C(=O)Nc2ccc3[nH]c(=O)[nH]c3c2)CCCCN1C(=O)c1ccccc1. The van der Waals surface area contributed by atoms with Gasteiger partial charge in [-0.15, -0.1) is 0 Å². The minimum atomic E-state index is -0.939. The number of amides is 2. The highest BCUT2D eigenvalue weighted by Gasteiger charge is 2.44. The van der Waals surface area contributed by atoms with Gasteiger partial charge in [0.2, 0.25) is 5.91 Å². The topological polar surface area (TPSA) is 98.1 Å². The molecule has 2 heterocycles. The summed E-state index contributed by atoms with van der Waals surface area (Å²) in [6.45, 7) is 2.36. The van der Waals surface area contributed by atoms with Crippen LogP contribution in [0.1, 0.15) is 36.5 Å². The second kappa shape index (κ2) is 6.99. The lowest BCUT2D eigenvalue weighted by molar-refractivity contribution is -0.127. The van der Waals surface area contributed by atoms with Gasteiger partial charge in [0, 0.05) is 17.8 Å². The first kappa shape index (κ1) is 18.0. The van der Waals surface area contributed by atoms with E-state index < -0.39 is 5.54 Å². The van der Waals surface area contributed by atoms with Crippen molar-refractivity contribution in [2.75, 3.05) is 11.9 Å². The van der Waals surface area contributed by atoms with Crippen LogP contribution in [0.4, 0.5) is 5.69 Å². The number of imidazole rings is 1. The van der Waals surface area contributed by atoms with Crippen LogP contribution in [0.25, 0.3) is 11.0 Å². The van der Waals surface area contributed by atoms with E-state index in [0.29, 0.717) is 35.2 Å². The van der Waals surface area contributed by atoms with Crippen molar-refractivity contribution in [2.45, 2.75) is 31.7 Å². The Balaban J connectivity index is 1.60. The van der Waals surface area contributed by atoms with Crippen LogP contribution in [0.2, 0.25) is 0 Å². The molecule has 7 heteroatoms. The summed E-state index contributed by atoms with van der Waals surface area (Å²) in [5.74, 6) is -0.364. The first-order valence-electron chi connectivity index (χ1n) is 9.38. The van der Waals surface area contributed by atoms with Gasteiger partial charge in [0.25, 0.3) is 5.91 Å². The van der Waals surface area contributed by atoms with Crippen LogP contribution >= 0.6 is 0 Å². The molecule has 28 heavy (non-hydrogen) atoms. The average Bonchev–Trinajstić information content (AvgIpc) is 3.07. The van der Waals surface area contributed by atoms with Gasteiger partial charge in [-0.3, -0.25) is 9.59 Å². The minimum absolute atomic E-state index is 0.136. The predicted octanol–water partition coefficient (Wildman–Crippen LogP) is 2.88. The summed E-state index contributed by atoms with van der Waals surface area (Å²) in [5, 5.41) is 2.92. The Labute approximate surface area is 161 Å².